The maximum absolute atomic E-state index is 11.8. The summed E-state index contributed by atoms with van der Waals surface area (Å²) >= 11 is 0. The maximum atomic E-state index is 11.8. The van der Waals surface area contributed by atoms with E-state index in [4.69, 9.17) is 9.47 Å². The van der Waals surface area contributed by atoms with Crippen LogP contribution in [0.25, 0.3) is 0 Å². The Morgan fingerprint density at radius 2 is 1.78 bits per heavy atom. The third-order valence-electron chi connectivity index (χ3n) is 3.73. The number of esters is 2. The van der Waals surface area contributed by atoms with Crippen molar-refractivity contribution >= 4 is 11.9 Å². The lowest BCUT2D eigenvalue weighted by molar-refractivity contribution is -0.151. The van der Waals surface area contributed by atoms with Crippen molar-refractivity contribution in [2.24, 2.45) is 5.92 Å². The van der Waals surface area contributed by atoms with Crippen LogP contribution in [0.4, 0.5) is 0 Å². The van der Waals surface area contributed by atoms with Crippen LogP contribution in [0.3, 0.4) is 0 Å². The lowest BCUT2D eigenvalue weighted by atomic mass is 10.1. The first-order valence-corrected chi connectivity index (χ1v) is 8.45. The maximum Gasteiger partial charge on any atom is 0.311 e. The standard InChI is InChI=1S/C19H28O4/c1-5-15-9-7-10-16(13-15)22-18(20)11-8-12-19(21)23-17(6-2)14(3)4/h7,9-10,13-14,17H,5-6,8,11-12H2,1-4H3. The molecule has 0 amide bonds. The first-order chi connectivity index (χ1) is 11.0. The molecule has 0 saturated heterocycles. The fourth-order valence-electron chi connectivity index (χ4n) is 2.31. The average molecular weight is 320 g/mol. The second-order valence-electron chi connectivity index (χ2n) is 6.01. The lowest BCUT2D eigenvalue weighted by Crippen LogP contribution is -2.22. The molecule has 1 unspecified atom stereocenters. The van der Waals surface area contributed by atoms with Crippen molar-refractivity contribution in [1.82, 2.24) is 0 Å². The molecule has 1 atom stereocenters. The molecule has 0 fully saturated rings. The van der Waals surface area contributed by atoms with E-state index in [0.717, 1.165) is 18.4 Å². The van der Waals surface area contributed by atoms with E-state index in [0.29, 0.717) is 18.1 Å². The highest BCUT2D eigenvalue weighted by atomic mass is 16.5. The zero-order valence-corrected chi connectivity index (χ0v) is 14.6. The van der Waals surface area contributed by atoms with Gasteiger partial charge < -0.3 is 9.47 Å². The molecule has 4 heteroatoms. The molecule has 0 saturated carbocycles. The monoisotopic (exact) mass is 320 g/mol. The molecule has 1 aromatic carbocycles. The molecule has 0 aliphatic carbocycles. The third kappa shape index (κ3) is 7.31. The Morgan fingerprint density at radius 1 is 1.09 bits per heavy atom. The number of benzene rings is 1. The molecule has 0 spiro atoms. The number of rotatable bonds is 9. The van der Waals surface area contributed by atoms with Crippen molar-refractivity contribution in [3.8, 4) is 5.75 Å². The number of hydrogen-bond donors (Lipinski definition) is 0. The third-order valence-corrected chi connectivity index (χ3v) is 3.73. The van der Waals surface area contributed by atoms with Gasteiger partial charge in [0.05, 0.1) is 0 Å². The van der Waals surface area contributed by atoms with Crippen LogP contribution < -0.4 is 4.74 Å². The van der Waals surface area contributed by atoms with Crippen molar-refractivity contribution in [2.45, 2.75) is 65.9 Å². The quantitative estimate of drug-likeness (QED) is 0.503. The van der Waals surface area contributed by atoms with Crippen LogP contribution in [-0.2, 0) is 20.7 Å². The van der Waals surface area contributed by atoms with Crippen molar-refractivity contribution in [3.05, 3.63) is 29.8 Å². The summed E-state index contributed by atoms with van der Waals surface area (Å²) in [4.78, 5) is 23.6. The Hall–Kier alpha value is -1.84. The zero-order valence-electron chi connectivity index (χ0n) is 14.6. The normalized spacial score (nSPS) is 12.0. The smallest absolute Gasteiger partial charge is 0.311 e. The highest BCUT2D eigenvalue weighted by Gasteiger charge is 2.16. The summed E-state index contributed by atoms with van der Waals surface area (Å²) < 4.78 is 10.7. The Bertz CT molecular complexity index is 508. The summed E-state index contributed by atoms with van der Waals surface area (Å²) in [7, 11) is 0. The van der Waals surface area contributed by atoms with Gasteiger partial charge in [0, 0.05) is 12.8 Å². The van der Waals surface area contributed by atoms with Crippen molar-refractivity contribution < 1.29 is 19.1 Å². The van der Waals surface area contributed by atoms with Gasteiger partial charge in [0.15, 0.2) is 0 Å². The van der Waals surface area contributed by atoms with Crippen molar-refractivity contribution in [2.75, 3.05) is 0 Å². The molecule has 0 heterocycles. The fourth-order valence-corrected chi connectivity index (χ4v) is 2.31. The number of carbonyl (C=O) groups excluding carboxylic acids is 2. The van der Waals surface area contributed by atoms with E-state index in [-0.39, 0.29) is 30.9 Å². The van der Waals surface area contributed by atoms with E-state index in [2.05, 4.69) is 0 Å². The largest absolute Gasteiger partial charge is 0.462 e. The SMILES string of the molecule is CCc1cccc(OC(=O)CCCC(=O)OC(CC)C(C)C)c1. The van der Waals surface area contributed by atoms with Gasteiger partial charge in [-0.15, -0.1) is 0 Å². The van der Waals surface area contributed by atoms with Crippen LogP contribution in [0.5, 0.6) is 5.75 Å². The predicted octanol–water partition coefficient (Wildman–Crippen LogP) is 4.30. The second-order valence-corrected chi connectivity index (χ2v) is 6.01. The summed E-state index contributed by atoms with van der Waals surface area (Å²) in [6, 6.07) is 7.49. The Labute approximate surface area is 139 Å². The molecule has 4 nitrogen and oxygen atoms in total. The van der Waals surface area contributed by atoms with E-state index < -0.39 is 0 Å². The molecule has 0 aliphatic heterocycles. The van der Waals surface area contributed by atoms with Gasteiger partial charge in [-0.3, -0.25) is 9.59 Å². The Balaban J connectivity index is 2.32. The minimum absolute atomic E-state index is 0.0498. The average Bonchev–Trinajstić information content (AvgIpc) is 2.52. The summed E-state index contributed by atoms with van der Waals surface area (Å²) in [5.41, 5.74) is 1.12. The van der Waals surface area contributed by atoms with Gasteiger partial charge in [-0.2, -0.15) is 0 Å². The first kappa shape index (κ1) is 19.2. The van der Waals surface area contributed by atoms with Gasteiger partial charge in [-0.05, 0) is 42.9 Å². The van der Waals surface area contributed by atoms with Crippen LogP contribution in [0, 0.1) is 5.92 Å². The molecule has 1 rings (SSSR count). The molecular weight excluding hydrogens is 292 g/mol. The number of carbonyl (C=O) groups is 2. The van der Waals surface area contributed by atoms with Gasteiger partial charge in [0.1, 0.15) is 11.9 Å². The van der Waals surface area contributed by atoms with Crippen LogP contribution in [0.2, 0.25) is 0 Å². The van der Waals surface area contributed by atoms with E-state index >= 15 is 0 Å². The van der Waals surface area contributed by atoms with Gasteiger partial charge in [-0.25, -0.2) is 0 Å². The van der Waals surface area contributed by atoms with E-state index in [1.54, 1.807) is 6.07 Å². The van der Waals surface area contributed by atoms with Crippen LogP contribution in [0.15, 0.2) is 24.3 Å². The van der Waals surface area contributed by atoms with Crippen LogP contribution in [-0.4, -0.2) is 18.0 Å². The van der Waals surface area contributed by atoms with Gasteiger partial charge in [0.25, 0.3) is 0 Å². The zero-order chi connectivity index (χ0) is 17.2. The van der Waals surface area contributed by atoms with Crippen molar-refractivity contribution in [1.29, 1.82) is 0 Å². The molecule has 128 valence electrons. The van der Waals surface area contributed by atoms with Gasteiger partial charge in [0.2, 0.25) is 0 Å². The first-order valence-electron chi connectivity index (χ1n) is 8.45. The predicted molar refractivity (Wildman–Crippen MR) is 90.3 cm³/mol. The van der Waals surface area contributed by atoms with Gasteiger partial charge in [-0.1, -0.05) is 39.8 Å². The van der Waals surface area contributed by atoms with Crippen molar-refractivity contribution in [3.63, 3.8) is 0 Å². The number of ether oxygens (including phenoxy) is 2. The number of aryl methyl sites for hydroxylation is 1. The van der Waals surface area contributed by atoms with E-state index in [1.807, 2.05) is 45.9 Å². The summed E-state index contributed by atoms with van der Waals surface area (Å²) in [6.45, 7) is 8.11. The van der Waals surface area contributed by atoms with Crippen LogP contribution in [0.1, 0.15) is 58.9 Å². The van der Waals surface area contributed by atoms with E-state index in [9.17, 15) is 9.59 Å². The topological polar surface area (TPSA) is 52.6 Å². The highest BCUT2D eigenvalue weighted by Crippen LogP contribution is 2.15. The summed E-state index contributed by atoms with van der Waals surface area (Å²) in [5.74, 6) is 0.302. The van der Waals surface area contributed by atoms with Crippen LogP contribution >= 0.6 is 0 Å². The summed E-state index contributed by atoms with van der Waals surface area (Å²) in [6.07, 6.45) is 2.55. The molecule has 23 heavy (non-hydrogen) atoms. The number of hydrogen-bond acceptors (Lipinski definition) is 4. The highest BCUT2D eigenvalue weighted by molar-refractivity contribution is 5.74. The molecule has 0 aliphatic rings. The minimum atomic E-state index is -0.318. The molecule has 1 aromatic rings. The second kappa shape index (κ2) is 10.0. The molecule has 0 aromatic heterocycles. The molecule has 0 N–H and O–H groups in total. The molecule has 0 radical (unpaired) electrons. The minimum Gasteiger partial charge on any atom is -0.462 e. The molecule has 0 bridgehead atoms. The van der Waals surface area contributed by atoms with Gasteiger partial charge >= 0.3 is 11.9 Å². The summed E-state index contributed by atoms with van der Waals surface area (Å²) in [5, 5.41) is 0. The Kier molecular flexibility index (Phi) is 8.38. The van der Waals surface area contributed by atoms with E-state index in [1.165, 1.54) is 0 Å². The fraction of sp³-hybridized carbons (Fsp3) is 0.579. The molecular formula is C19H28O4. The Morgan fingerprint density at radius 3 is 2.39 bits per heavy atom. The lowest BCUT2D eigenvalue weighted by Gasteiger charge is -2.19.